The van der Waals surface area contributed by atoms with Gasteiger partial charge in [-0.05, 0) is 47.4 Å². The van der Waals surface area contributed by atoms with Crippen molar-refractivity contribution in [2.75, 3.05) is 0 Å². The molecule has 2 heterocycles. The van der Waals surface area contributed by atoms with E-state index in [2.05, 4.69) is 25.8 Å². The van der Waals surface area contributed by atoms with Gasteiger partial charge in [0, 0.05) is 15.8 Å². The number of pyridine rings is 1. The van der Waals surface area contributed by atoms with E-state index in [0.29, 0.717) is 38.0 Å². The lowest BCUT2D eigenvalue weighted by Crippen LogP contribution is -2.11. The smallest absolute Gasteiger partial charge is 0.336 e. The minimum absolute atomic E-state index is 0.0998. The first-order valence-electron chi connectivity index (χ1n) is 8.71. The number of hydrogen-bond donors (Lipinski definition) is 1. The Balaban J connectivity index is 1.96. The number of rotatable bonds is 2. The van der Waals surface area contributed by atoms with E-state index in [-0.39, 0.29) is 11.0 Å². The Morgan fingerprint density at radius 3 is 2.50 bits per heavy atom. The number of aromatic carboxylic acids is 1. The van der Waals surface area contributed by atoms with Crippen molar-refractivity contribution in [2.45, 2.75) is 26.2 Å². The van der Waals surface area contributed by atoms with Crippen LogP contribution in [0, 0.1) is 0 Å². The van der Waals surface area contributed by atoms with Gasteiger partial charge >= 0.3 is 5.97 Å². The molecule has 28 heavy (non-hydrogen) atoms. The van der Waals surface area contributed by atoms with E-state index in [1.165, 1.54) is 6.07 Å². The average Bonchev–Trinajstić information content (AvgIpc) is 3.03. The number of furan rings is 1. The van der Waals surface area contributed by atoms with Crippen molar-refractivity contribution < 1.29 is 14.3 Å². The molecule has 6 heteroatoms. The van der Waals surface area contributed by atoms with Crippen molar-refractivity contribution >= 4 is 51.0 Å². The van der Waals surface area contributed by atoms with Gasteiger partial charge in [-0.1, -0.05) is 50.0 Å². The molecule has 142 valence electrons. The Morgan fingerprint density at radius 2 is 1.82 bits per heavy atom. The summed E-state index contributed by atoms with van der Waals surface area (Å²) in [4.78, 5) is 16.6. The summed E-state index contributed by atoms with van der Waals surface area (Å²) < 4.78 is 5.86. The lowest BCUT2D eigenvalue weighted by Gasteiger charge is -2.19. The fraction of sp³-hybridized carbons (Fsp3) is 0.182. The molecule has 1 N–H and O–H groups in total. The van der Waals surface area contributed by atoms with Crippen LogP contribution < -0.4 is 0 Å². The largest absolute Gasteiger partial charge is 0.478 e. The zero-order chi connectivity index (χ0) is 20.2. The number of benzene rings is 2. The molecule has 4 aromatic rings. The SMILES string of the molecule is CC(C)(C)c1ccc2nc(-c3cc4cc(Cl)cc(Cl)c4o3)cc(C(=O)O)c2c1. The highest BCUT2D eigenvalue weighted by Crippen LogP contribution is 2.35. The van der Waals surface area contributed by atoms with Crippen LogP contribution in [0.1, 0.15) is 36.7 Å². The summed E-state index contributed by atoms with van der Waals surface area (Å²) in [5.74, 6) is -0.583. The van der Waals surface area contributed by atoms with E-state index in [4.69, 9.17) is 27.6 Å². The highest BCUT2D eigenvalue weighted by atomic mass is 35.5. The van der Waals surface area contributed by atoms with Gasteiger partial charge in [-0.2, -0.15) is 0 Å². The zero-order valence-corrected chi connectivity index (χ0v) is 17.0. The van der Waals surface area contributed by atoms with Gasteiger partial charge in [0.2, 0.25) is 0 Å². The Morgan fingerprint density at radius 1 is 1.07 bits per heavy atom. The number of fused-ring (bicyclic) bond motifs is 2. The molecule has 0 bridgehead atoms. The third kappa shape index (κ3) is 3.23. The number of hydrogen-bond acceptors (Lipinski definition) is 3. The molecule has 0 saturated heterocycles. The monoisotopic (exact) mass is 413 g/mol. The van der Waals surface area contributed by atoms with Crippen molar-refractivity contribution in [1.82, 2.24) is 4.98 Å². The van der Waals surface area contributed by atoms with Gasteiger partial charge in [0.1, 0.15) is 5.69 Å². The van der Waals surface area contributed by atoms with Gasteiger partial charge < -0.3 is 9.52 Å². The quantitative estimate of drug-likeness (QED) is 0.386. The summed E-state index contributed by atoms with van der Waals surface area (Å²) in [6, 6.07) is 12.3. The Hall–Kier alpha value is -2.56. The lowest BCUT2D eigenvalue weighted by atomic mass is 9.86. The second-order valence-corrected chi connectivity index (χ2v) is 8.60. The maximum absolute atomic E-state index is 11.9. The predicted octanol–water partition coefficient (Wildman–Crippen LogP) is 6.95. The third-order valence-corrected chi connectivity index (χ3v) is 5.19. The second kappa shape index (κ2) is 6.50. The van der Waals surface area contributed by atoms with E-state index in [1.807, 2.05) is 18.2 Å². The fourth-order valence-corrected chi connectivity index (χ4v) is 3.75. The minimum Gasteiger partial charge on any atom is -0.478 e. The van der Waals surface area contributed by atoms with Crippen LogP contribution in [0.15, 0.2) is 46.9 Å². The van der Waals surface area contributed by atoms with E-state index in [0.717, 1.165) is 10.9 Å². The van der Waals surface area contributed by atoms with E-state index in [9.17, 15) is 9.90 Å². The summed E-state index contributed by atoms with van der Waals surface area (Å²) in [7, 11) is 0. The molecule has 0 amide bonds. The number of carboxylic acids is 1. The molecular formula is C22H17Cl2NO3. The molecule has 2 aromatic carbocycles. The molecule has 0 fully saturated rings. The van der Waals surface area contributed by atoms with Crippen molar-refractivity contribution in [1.29, 1.82) is 0 Å². The summed E-state index contributed by atoms with van der Waals surface area (Å²) >= 11 is 12.3. The Bertz CT molecular complexity index is 1250. The van der Waals surface area contributed by atoms with Gasteiger partial charge in [0.05, 0.1) is 16.1 Å². The fourth-order valence-electron chi connectivity index (χ4n) is 3.20. The number of aromatic nitrogens is 1. The number of carboxylic acid groups (broad SMARTS) is 1. The first-order chi connectivity index (χ1) is 13.1. The highest BCUT2D eigenvalue weighted by Gasteiger charge is 2.20. The lowest BCUT2D eigenvalue weighted by molar-refractivity contribution is 0.0699. The van der Waals surface area contributed by atoms with Crippen LogP contribution >= 0.6 is 23.2 Å². The molecule has 4 rings (SSSR count). The first kappa shape index (κ1) is 18.8. The van der Waals surface area contributed by atoms with Gasteiger partial charge in [-0.3, -0.25) is 0 Å². The molecule has 4 nitrogen and oxygen atoms in total. The molecule has 0 unspecified atom stereocenters. The molecule has 0 aliphatic rings. The second-order valence-electron chi connectivity index (χ2n) is 7.76. The first-order valence-corrected chi connectivity index (χ1v) is 9.46. The maximum Gasteiger partial charge on any atom is 0.336 e. The molecule has 2 aromatic heterocycles. The van der Waals surface area contributed by atoms with Crippen LogP contribution in [0.3, 0.4) is 0 Å². The van der Waals surface area contributed by atoms with Crippen molar-refractivity contribution in [3.63, 3.8) is 0 Å². The van der Waals surface area contributed by atoms with Crippen molar-refractivity contribution in [2.24, 2.45) is 0 Å². The van der Waals surface area contributed by atoms with Gasteiger partial charge in [-0.25, -0.2) is 9.78 Å². The summed E-state index contributed by atoms with van der Waals surface area (Å²) in [5.41, 5.74) is 2.63. The van der Waals surface area contributed by atoms with Gasteiger partial charge in [-0.15, -0.1) is 0 Å². The number of carbonyl (C=O) groups is 1. The van der Waals surface area contributed by atoms with Gasteiger partial charge in [0.25, 0.3) is 0 Å². The van der Waals surface area contributed by atoms with Crippen LogP contribution in [0.5, 0.6) is 0 Å². The Kier molecular flexibility index (Phi) is 4.36. The summed E-state index contributed by atoms with van der Waals surface area (Å²) in [6.45, 7) is 6.25. The Labute approximate surface area is 171 Å². The van der Waals surface area contributed by atoms with E-state index in [1.54, 1.807) is 18.2 Å². The molecule has 0 saturated carbocycles. The molecule has 0 spiro atoms. The average molecular weight is 414 g/mol. The topological polar surface area (TPSA) is 63.3 Å². The minimum atomic E-state index is -1.02. The molecule has 0 aliphatic heterocycles. The maximum atomic E-state index is 11.9. The molecular weight excluding hydrogens is 397 g/mol. The van der Waals surface area contributed by atoms with Crippen LogP contribution in [0.2, 0.25) is 10.0 Å². The van der Waals surface area contributed by atoms with E-state index < -0.39 is 5.97 Å². The van der Waals surface area contributed by atoms with Crippen LogP contribution in [0.4, 0.5) is 0 Å². The predicted molar refractivity (Wildman–Crippen MR) is 113 cm³/mol. The number of nitrogens with zero attached hydrogens (tertiary/aromatic N) is 1. The van der Waals surface area contributed by atoms with Crippen LogP contribution in [-0.4, -0.2) is 16.1 Å². The highest BCUT2D eigenvalue weighted by molar-refractivity contribution is 6.38. The standard InChI is InChI=1S/C22H17Cl2NO3/c1-22(2,3)12-4-5-17-14(8-12)15(21(26)27)10-18(25-17)19-7-11-6-13(23)9-16(24)20(11)28-19/h4-10H,1-3H3,(H,26,27). The molecule has 0 atom stereocenters. The van der Waals surface area contributed by atoms with Gasteiger partial charge in [0.15, 0.2) is 11.3 Å². The zero-order valence-electron chi connectivity index (χ0n) is 15.5. The van der Waals surface area contributed by atoms with Crippen LogP contribution in [-0.2, 0) is 5.41 Å². The summed E-state index contributed by atoms with van der Waals surface area (Å²) in [5, 5.41) is 12.0. The normalized spacial score (nSPS) is 12.0. The molecule has 0 radical (unpaired) electrons. The summed E-state index contributed by atoms with van der Waals surface area (Å²) in [6.07, 6.45) is 0. The molecule has 0 aliphatic carbocycles. The van der Waals surface area contributed by atoms with Crippen molar-refractivity contribution in [3.8, 4) is 11.5 Å². The van der Waals surface area contributed by atoms with E-state index >= 15 is 0 Å². The third-order valence-electron chi connectivity index (χ3n) is 4.69. The van der Waals surface area contributed by atoms with Crippen molar-refractivity contribution in [3.05, 3.63) is 63.6 Å². The number of halogens is 2. The van der Waals surface area contributed by atoms with Crippen LogP contribution in [0.25, 0.3) is 33.3 Å².